The molecule has 0 aromatic heterocycles. The maximum atomic E-state index is 12.1. The zero-order valence-electron chi connectivity index (χ0n) is 14.1. The SMILES string of the molecule is CCC(C)(C)NC(=O)c1ccc(NC(=O)N[C@@H](C)CC#N)cc1. The third kappa shape index (κ3) is 6.39. The molecule has 1 aromatic carbocycles. The van der Waals surface area contributed by atoms with E-state index in [9.17, 15) is 9.59 Å². The molecule has 1 rings (SSSR count). The van der Waals surface area contributed by atoms with Crippen molar-refractivity contribution in [2.45, 2.75) is 52.1 Å². The molecular formula is C17H24N4O2. The fourth-order valence-corrected chi connectivity index (χ4v) is 1.75. The fraction of sp³-hybridized carbons (Fsp3) is 0.471. The lowest BCUT2D eigenvalue weighted by Crippen LogP contribution is -2.42. The number of hydrogen-bond acceptors (Lipinski definition) is 3. The van der Waals surface area contributed by atoms with Gasteiger partial charge in [0.05, 0.1) is 12.5 Å². The number of benzene rings is 1. The summed E-state index contributed by atoms with van der Waals surface area (Å²) in [7, 11) is 0. The molecule has 0 aliphatic heterocycles. The Labute approximate surface area is 137 Å². The molecule has 3 amide bonds. The van der Waals surface area contributed by atoms with Crippen LogP contribution < -0.4 is 16.0 Å². The Bertz CT molecular complexity index is 588. The van der Waals surface area contributed by atoms with Crippen LogP contribution in [0.15, 0.2) is 24.3 Å². The molecule has 0 heterocycles. The molecule has 3 N–H and O–H groups in total. The summed E-state index contributed by atoms with van der Waals surface area (Å²) in [5.41, 5.74) is 0.860. The maximum absolute atomic E-state index is 12.1. The van der Waals surface area contributed by atoms with E-state index in [4.69, 9.17) is 5.26 Å². The highest BCUT2D eigenvalue weighted by Gasteiger charge is 2.18. The lowest BCUT2D eigenvalue weighted by molar-refractivity contribution is 0.0911. The summed E-state index contributed by atoms with van der Waals surface area (Å²) in [6.07, 6.45) is 1.08. The van der Waals surface area contributed by atoms with Gasteiger partial charge in [-0.05, 0) is 51.5 Å². The van der Waals surface area contributed by atoms with E-state index in [2.05, 4.69) is 16.0 Å². The molecule has 0 unspecified atom stereocenters. The van der Waals surface area contributed by atoms with Crippen molar-refractivity contribution in [2.24, 2.45) is 0 Å². The largest absolute Gasteiger partial charge is 0.347 e. The number of amides is 3. The molecule has 0 aliphatic rings. The highest BCUT2D eigenvalue weighted by atomic mass is 16.2. The molecule has 0 fully saturated rings. The van der Waals surface area contributed by atoms with Crippen LogP contribution in [0.5, 0.6) is 0 Å². The van der Waals surface area contributed by atoms with Gasteiger partial charge in [0.1, 0.15) is 0 Å². The van der Waals surface area contributed by atoms with Crippen LogP contribution in [0.1, 0.15) is 50.9 Å². The number of nitriles is 1. The van der Waals surface area contributed by atoms with Gasteiger partial charge in [-0.3, -0.25) is 4.79 Å². The van der Waals surface area contributed by atoms with E-state index in [1.54, 1.807) is 31.2 Å². The van der Waals surface area contributed by atoms with Gasteiger partial charge in [-0.1, -0.05) is 6.92 Å². The van der Waals surface area contributed by atoms with Crippen LogP contribution in [-0.2, 0) is 0 Å². The number of anilines is 1. The van der Waals surface area contributed by atoms with Gasteiger partial charge in [-0.2, -0.15) is 5.26 Å². The third-order valence-electron chi connectivity index (χ3n) is 3.52. The second-order valence-electron chi connectivity index (χ2n) is 6.13. The average Bonchev–Trinajstić information content (AvgIpc) is 2.47. The first-order valence-corrected chi connectivity index (χ1v) is 7.64. The van der Waals surface area contributed by atoms with Gasteiger partial charge in [0.15, 0.2) is 0 Å². The number of urea groups is 1. The van der Waals surface area contributed by atoms with Crippen molar-refractivity contribution in [1.29, 1.82) is 5.26 Å². The van der Waals surface area contributed by atoms with Crippen molar-refractivity contribution in [1.82, 2.24) is 10.6 Å². The number of hydrogen-bond donors (Lipinski definition) is 3. The van der Waals surface area contributed by atoms with Crippen molar-refractivity contribution >= 4 is 17.6 Å². The maximum Gasteiger partial charge on any atom is 0.319 e. The summed E-state index contributed by atoms with van der Waals surface area (Å²) in [5, 5.41) is 16.8. The molecule has 6 heteroatoms. The Morgan fingerprint density at radius 2 is 1.87 bits per heavy atom. The Hall–Kier alpha value is -2.55. The van der Waals surface area contributed by atoms with E-state index < -0.39 is 0 Å². The molecule has 1 atom stereocenters. The highest BCUT2D eigenvalue weighted by molar-refractivity contribution is 5.96. The molecule has 0 aliphatic carbocycles. The van der Waals surface area contributed by atoms with Gasteiger partial charge in [-0.25, -0.2) is 4.79 Å². The van der Waals surface area contributed by atoms with Crippen LogP contribution in [0, 0.1) is 11.3 Å². The van der Waals surface area contributed by atoms with Crippen LogP contribution in [-0.4, -0.2) is 23.5 Å². The minimum atomic E-state index is -0.378. The fourth-order valence-electron chi connectivity index (χ4n) is 1.75. The zero-order chi connectivity index (χ0) is 17.5. The van der Waals surface area contributed by atoms with Crippen LogP contribution >= 0.6 is 0 Å². The van der Waals surface area contributed by atoms with Gasteiger partial charge in [0, 0.05) is 22.8 Å². The predicted molar refractivity (Wildman–Crippen MR) is 90.1 cm³/mol. The van der Waals surface area contributed by atoms with Gasteiger partial charge in [-0.15, -0.1) is 0 Å². The van der Waals surface area contributed by atoms with Crippen LogP contribution in [0.2, 0.25) is 0 Å². The van der Waals surface area contributed by atoms with Gasteiger partial charge in [0.25, 0.3) is 5.91 Å². The normalized spacial score (nSPS) is 12.0. The number of carbonyl (C=O) groups excluding carboxylic acids is 2. The molecule has 0 spiro atoms. The van der Waals surface area contributed by atoms with E-state index in [-0.39, 0.29) is 29.9 Å². The van der Waals surface area contributed by atoms with Crippen molar-refractivity contribution in [3.8, 4) is 6.07 Å². The third-order valence-corrected chi connectivity index (χ3v) is 3.52. The molecule has 1 aromatic rings. The predicted octanol–water partition coefficient (Wildman–Crippen LogP) is 3.03. The first kappa shape index (κ1) is 18.5. The number of nitrogens with zero attached hydrogens (tertiary/aromatic N) is 1. The topological polar surface area (TPSA) is 94.0 Å². The first-order chi connectivity index (χ1) is 10.8. The summed E-state index contributed by atoms with van der Waals surface area (Å²) in [5.74, 6) is -0.143. The Kier molecular flexibility index (Phi) is 6.58. The van der Waals surface area contributed by atoms with E-state index in [1.807, 2.05) is 26.8 Å². The summed E-state index contributed by atoms with van der Waals surface area (Å²) in [4.78, 5) is 23.9. The second kappa shape index (κ2) is 8.18. The van der Waals surface area contributed by atoms with Gasteiger partial charge >= 0.3 is 6.03 Å². The van der Waals surface area contributed by atoms with Crippen molar-refractivity contribution < 1.29 is 9.59 Å². The lowest BCUT2D eigenvalue weighted by Gasteiger charge is -2.24. The Morgan fingerprint density at radius 3 is 2.39 bits per heavy atom. The molecular weight excluding hydrogens is 292 g/mol. The minimum Gasteiger partial charge on any atom is -0.347 e. The average molecular weight is 316 g/mol. The van der Waals surface area contributed by atoms with Crippen molar-refractivity contribution in [3.63, 3.8) is 0 Å². The number of carbonyl (C=O) groups is 2. The van der Waals surface area contributed by atoms with E-state index in [0.29, 0.717) is 11.3 Å². The smallest absolute Gasteiger partial charge is 0.319 e. The molecule has 0 radical (unpaired) electrons. The number of rotatable bonds is 6. The molecule has 0 bridgehead atoms. The molecule has 6 nitrogen and oxygen atoms in total. The molecule has 124 valence electrons. The van der Waals surface area contributed by atoms with Crippen molar-refractivity contribution in [2.75, 3.05) is 5.32 Å². The van der Waals surface area contributed by atoms with Crippen molar-refractivity contribution in [3.05, 3.63) is 29.8 Å². The molecule has 0 saturated heterocycles. The summed E-state index contributed by atoms with van der Waals surface area (Å²) in [6, 6.07) is 8.06. The first-order valence-electron chi connectivity index (χ1n) is 7.64. The Balaban J connectivity index is 2.61. The van der Waals surface area contributed by atoms with Crippen LogP contribution in [0.4, 0.5) is 10.5 Å². The van der Waals surface area contributed by atoms with Crippen LogP contribution in [0.25, 0.3) is 0 Å². The monoisotopic (exact) mass is 316 g/mol. The standard InChI is InChI=1S/C17H24N4O2/c1-5-17(3,4)21-15(22)13-6-8-14(9-7-13)20-16(23)19-12(2)10-11-18/h6-9,12H,5,10H2,1-4H3,(H,21,22)(H2,19,20,23)/t12-/m0/s1. The van der Waals surface area contributed by atoms with E-state index in [1.165, 1.54) is 0 Å². The van der Waals surface area contributed by atoms with Crippen LogP contribution in [0.3, 0.4) is 0 Å². The summed E-state index contributed by atoms with van der Waals surface area (Å²) in [6.45, 7) is 7.70. The van der Waals surface area contributed by atoms with E-state index >= 15 is 0 Å². The lowest BCUT2D eigenvalue weighted by atomic mass is 10.0. The summed E-state index contributed by atoms with van der Waals surface area (Å²) >= 11 is 0. The van der Waals surface area contributed by atoms with E-state index in [0.717, 1.165) is 6.42 Å². The van der Waals surface area contributed by atoms with Gasteiger partial charge in [0.2, 0.25) is 0 Å². The zero-order valence-corrected chi connectivity index (χ0v) is 14.1. The molecule has 23 heavy (non-hydrogen) atoms. The summed E-state index contributed by atoms with van der Waals surface area (Å²) < 4.78 is 0. The quantitative estimate of drug-likeness (QED) is 0.753. The van der Waals surface area contributed by atoms with Gasteiger partial charge < -0.3 is 16.0 Å². The number of nitrogens with one attached hydrogen (secondary N) is 3. The Morgan fingerprint density at radius 1 is 1.26 bits per heavy atom. The highest BCUT2D eigenvalue weighted by Crippen LogP contribution is 2.12. The molecule has 0 saturated carbocycles. The second-order valence-corrected chi connectivity index (χ2v) is 6.13. The minimum absolute atomic E-state index is 0.143.